The number of hydrogen-bond acceptors (Lipinski definition) is 13. The average Bonchev–Trinajstić information content (AvgIpc) is 3.27. The number of esters is 2. The van der Waals surface area contributed by atoms with Crippen molar-refractivity contribution in [2.75, 3.05) is 13.2 Å². The van der Waals surface area contributed by atoms with Crippen LogP contribution in [0, 0.1) is 0 Å². The van der Waals surface area contributed by atoms with Crippen LogP contribution in [0.15, 0.2) is 72.9 Å². The molecule has 0 aliphatic heterocycles. The fourth-order valence-corrected chi connectivity index (χ4v) is 7.78. The Bertz CT molecular complexity index is 1410. The molecule has 64 heavy (non-hydrogen) atoms. The second-order valence-electron chi connectivity index (χ2n) is 16.4. The normalized spacial score (nSPS) is 22.7. The van der Waals surface area contributed by atoms with Crippen LogP contribution >= 0.6 is 7.82 Å². The van der Waals surface area contributed by atoms with Crippen molar-refractivity contribution in [3.05, 3.63) is 72.9 Å². The summed E-state index contributed by atoms with van der Waals surface area (Å²) in [6, 6.07) is 0. The molecule has 0 aromatic heterocycles. The Morgan fingerprint density at radius 3 is 1.52 bits per heavy atom. The van der Waals surface area contributed by atoms with Gasteiger partial charge in [0, 0.05) is 12.8 Å². The summed E-state index contributed by atoms with van der Waals surface area (Å²) >= 11 is 0. The fourth-order valence-electron chi connectivity index (χ4n) is 6.81. The Hall–Kier alpha value is -2.75. The molecule has 368 valence electrons. The first kappa shape index (κ1) is 59.3. The molecular formula is C49H83O14P. The van der Waals surface area contributed by atoms with Gasteiger partial charge < -0.3 is 45.0 Å². The third kappa shape index (κ3) is 30.5. The Balaban J connectivity index is 2.56. The fraction of sp³-hybridized carbons (Fsp3) is 0.714. The molecule has 1 rings (SSSR count). The van der Waals surface area contributed by atoms with Crippen molar-refractivity contribution >= 4 is 19.8 Å². The Kier molecular flexibility index (Phi) is 35.5. The largest absolute Gasteiger partial charge is 0.472 e. The summed E-state index contributed by atoms with van der Waals surface area (Å²) < 4.78 is 33.3. The zero-order chi connectivity index (χ0) is 47.3. The molecule has 14 nitrogen and oxygen atoms in total. The Morgan fingerprint density at radius 1 is 0.562 bits per heavy atom. The summed E-state index contributed by atoms with van der Waals surface area (Å²) in [5.41, 5.74) is 0. The third-order valence-corrected chi connectivity index (χ3v) is 11.7. The van der Waals surface area contributed by atoms with E-state index in [0.29, 0.717) is 12.8 Å². The number of ether oxygens (including phenoxy) is 2. The summed E-state index contributed by atoms with van der Waals surface area (Å²) in [6.45, 7) is 2.98. The van der Waals surface area contributed by atoms with Gasteiger partial charge in [-0.2, -0.15) is 0 Å². The van der Waals surface area contributed by atoms with Crippen LogP contribution in [0.3, 0.4) is 0 Å². The van der Waals surface area contributed by atoms with Crippen LogP contribution in [-0.4, -0.2) is 110 Å². The number of rotatable bonds is 38. The van der Waals surface area contributed by atoms with Gasteiger partial charge in [-0.05, 0) is 44.9 Å². The van der Waals surface area contributed by atoms with Gasteiger partial charge in [0.25, 0.3) is 0 Å². The molecule has 9 atom stereocenters. The molecule has 1 fully saturated rings. The number of hydrogen-bond donors (Lipinski definition) is 7. The maximum Gasteiger partial charge on any atom is 0.472 e. The van der Waals surface area contributed by atoms with Gasteiger partial charge in [-0.3, -0.25) is 18.6 Å². The lowest BCUT2D eigenvalue weighted by atomic mass is 9.85. The van der Waals surface area contributed by atoms with Crippen molar-refractivity contribution in [3.63, 3.8) is 0 Å². The minimum atomic E-state index is -5.19. The molecule has 15 heteroatoms. The molecule has 1 saturated carbocycles. The predicted molar refractivity (Wildman–Crippen MR) is 250 cm³/mol. The van der Waals surface area contributed by atoms with Crippen LogP contribution in [0.2, 0.25) is 0 Å². The number of carbonyl (C=O) groups is 2. The highest BCUT2D eigenvalue weighted by Crippen LogP contribution is 2.47. The number of aliphatic hydroxyl groups excluding tert-OH is 6. The van der Waals surface area contributed by atoms with Gasteiger partial charge >= 0.3 is 19.8 Å². The molecule has 0 aromatic carbocycles. The minimum absolute atomic E-state index is 0.0117. The van der Waals surface area contributed by atoms with Crippen LogP contribution < -0.4 is 0 Å². The molecule has 0 saturated heterocycles. The molecule has 1 aliphatic carbocycles. The third-order valence-electron chi connectivity index (χ3n) is 10.7. The molecule has 0 radical (unpaired) electrons. The lowest BCUT2D eigenvalue weighted by Gasteiger charge is -2.41. The van der Waals surface area contributed by atoms with Gasteiger partial charge in [0.15, 0.2) is 6.10 Å². The van der Waals surface area contributed by atoms with E-state index in [1.807, 2.05) is 12.2 Å². The molecule has 0 spiro atoms. The number of phosphoric acid groups is 1. The molecule has 0 amide bonds. The summed E-state index contributed by atoms with van der Waals surface area (Å²) in [6.07, 6.45) is 31.2. The lowest BCUT2D eigenvalue weighted by molar-refractivity contribution is -0.220. The maximum atomic E-state index is 12.8. The number of allylic oxidation sites excluding steroid dienone is 11. The van der Waals surface area contributed by atoms with E-state index in [9.17, 15) is 49.7 Å². The standard InChI is InChI=1S/C49H83O14P/c1-3-5-7-9-11-13-15-17-19-21-22-24-26-28-30-32-34-40(50)36-37-43(52)62-41(39-61-64(58,59)63-49-47(56)45(54)44(53)46(55)48(49)57)38-60-42(51)35-33-31-29-27-25-23-20-18-16-14-12-10-8-6-4-2/h5,7,11,13,17,19,22,24,28,30,32,34,40-41,44-50,53-57H,3-4,6,8-10,12,14-16,18,20-21,23,25-27,29,31,33,35-39H2,1-2H3,(H,58,59)/b7-5-,13-11-,19-17-,24-22-,30-28-,34-32-/t40?,41-,44?,45-,46+,47-,48-,49?/m1/s1. The number of phosphoric ester groups is 1. The quantitative estimate of drug-likeness (QED) is 0.0101. The van der Waals surface area contributed by atoms with Gasteiger partial charge in [0.1, 0.15) is 43.2 Å². The first-order valence-electron chi connectivity index (χ1n) is 23.8. The maximum absolute atomic E-state index is 12.8. The monoisotopic (exact) mass is 927 g/mol. The highest BCUT2D eigenvalue weighted by molar-refractivity contribution is 7.47. The summed E-state index contributed by atoms with van der Waals surface area (Å²) in [5.74, 6) is -1.38. The van der Waals surface area contributed by atoms with Gasteiger partial charge in [0.05, 0.1) is 12.7 Å². The average molecular weight is 927 g/mol. The van der Waals surface area contributed by atoms with Gasteiger partial charge in [-0.15, -0.1) is 0 Å². The molecule has 0 heterocycles. The van der Waals surface area contributed by atoms with E-state index in [0.717, 1.165) is 51.4 Å². The lowest BCUT2D eigenvalue weighted by Crippen LogP contribution is -2.64. The van der Waals surface area contributed by atoms with E-state index in [1.165, 1.54) is 70.3 Å². The van der Waals surface area contributed by atoms with Crippen molar-refractivity contribution in [1.82, 2.24) is 0 Å². The second-order valence-corrected chi connectivity index (χ2v) is 17.8. The van der Waals surface area contributed by atoms with Crippen molar-refractivity contribution in [1.29, 1.82) is 0 Å². The van der Waals surface area contributed by atoms with Crippen molar-refractivity contribution in [2.45, 2.75) is 210 Å². The summed E-state index contributed by atoms with van der Waals surface area (Å²) in [5, 5.41) is 60.6. The molecule has 0 bridgehead atoms. The van der Waals surface area contributed by atoms with Gasteiger partial charge in [-0.25, -0.2) is 4.57 Å². The van der Waals surface area contributed by atoms with Crippen LogP contribution in [0.25, 0.3) is 0 Å². The molecule has 7 N–H and O–H groups in total. The SMILES string of the molecule is CC/C=C\C/C=C\C/C=C\C/C=C\C/C=C\C=C/C(O)CCC(=O)O[C@H](COC(=O)CCCCCCCCCCCCCCCCC)COP(=O)(O)OC1[C@H](O)[C@H](O)C(O)[C@H](O)[C@H]1O. The van der Waals surface area contributed by atoms with Crippen LogP contribution in [0.5, 0.6) is 0 Å². The second kappa shape index (κ2) is 38.4. The zero-order valence-electron chi connectivity index (χ0n) is 38.7. The summed E-state index contributed by atoms with van der Waals surface area (Å²) in [7, 11) is -5.19. The smallest absolute Gasteiger partial charge is 0.462 e. The first-order valence-corrected chi connectivity index (χ1v) is 25.3. The Morgan fingerprint density at radius 2 is 1.02 bits per heavy atom. The zero-order valence-corrected chi connectivity index (χ0v) is 39.6. The number of aliphatic hydroxyl groups is 6. The van der Waals surface area contributed by atoms with Crippen molar-refractivity contribution in [2.24, 2.45) is 0 Å². The van der Waals surface area contributed by atoms with Crippen LogP contribution in [0.1, 0.15) is 162 Å². The topological polar surface area (TPSA) is 230 Å². The molecule has 4 unspecified atom stereocenters. The van der Waals surface area contributed by atoms with E-state index in [1.54, 1.807) is 12.2 Å². The summed E-state index contributed by atoms with van der Waals surface area (Å²) in [4.78, 5) is 35.7. The number of unbranched alkanes of at least 4 members (excludes halogenated alkanes) is 14. The van der Waals surface area contributed by atoms with Crippen molar-refractivity contribution in [3.8, 4) is 0 Å². The van der Waals surface area contributed by atoms with E-state index in [2.05, 4.69) is 56.4 Å². The van der Waals surface area contributed by atoms with Gasteiger partial charge in [0.2, 0.25) is 0 Å². The highest BCUT2D eigenvalue weighted by atomic mass is 31.2. The molecule has 0 aromatic rings. The van der Waals surface area contributed by atoms with Crippen LogP contribution in [-0.2, 0) is 32.7 Å². The van der Waals surface area contributed by atoms with E-state index < -0.39 is 81.8 Å². The van der Waals surface area contributed by atoms with E-state index >= 15 is 0 Å². The number of carbonyl (C=O) groups excluding carboxylic acids is 2. The highest BCUT2D eigenvalue weighted by Gasteiger charge is 2.51. The van der Waals surface area contributed by atoms with Gasteiger partial charge in [-0.1, -0.05) is 177 Å². The predicted octanol–water partition coefficient (Wildman–Crippen LogP) is 8.47. The molecular weight excluding hydrogens is 843 g/mol. The van der Waals surface area contributed by atoms with E-state index in [4.69, 9.17) is 18.5 Å². The first-order chi connectivity index (χ1) is 30.8. The van der Waals surface area contributed by atoms with E-state index in [-0.39, 0.29) is 19.3 Å². The van der Waals surface area contributed by atoms with Crippen molar-refractivity contribution < 1.29 is 68.2 Å². The van der Waals surface area contributed by atoms with Crippen LogP contribution in [0.4, 0.5) is 0 Å². The minimum Gasteiger partial charge on any atom is -0.462 e. The Labute approximate surface area is 383 Å². The molecule has 1 aliphatic rings.